The van der Waals surface area contributed by atoms with E-state index in [1.165, 1.54) is 23.5 Å². The normalized spacial score (nSPS) is 13.4. The maximum Gasteiger partial charge on any atom is 0.417 e. The maximum absolute atomic E-state index is 13.0. The standard InChI is InChI=1S/C14H13BrF3NS/c1-2-19-13(10-5-6-20-8-10)9-3-4-12(15)11(7-9)14(16,17)18/h3-8,13,19H,2H2,1H3. The molecular formula is C14H13BrF3NS. The summed E-state index contributed by atoms with van der Waals surface area (Å²) in [5.74, 6) is 0. The lowest BCUT2D eigenvalue weighted by atomic mass is 9.99. The number of thiophene rings is 1. The number of halogens is 4. The molecule has 0 saturated heterocycles. The first-order valence-corrected chi connectivity index (χ1v) is 7.79. The summed E-state index contributed by atoms with van der Waals surface area (Å²) in [5.41, 5.74) is 0.946. The Bertz CT molecular complexity index is 566. The Kier molecular flexibility index (Phi) is 4.88. The van der Waals surface area contributed by atoms with E-state index in [2.05, 4.69) is 21.2 Å². The van der Waals surface area contributed by atoms with Gasteiger partial charge in [-0.15, -0.1) is 0 Å². The SMILES string of the molecule is CCNC(c1ccsc1)c1ccc(Br)c(C(F)(F)F)c1. The molecule has 1 aromatic heterocycles. The first-order chi connectivity index (χ1) is 9.43. The van der Waals surface area contributed by atoms with Crippen molar-refractivity contribution >= 4 is 27.3 Å². The zero-order chi connectivity index (χ0) is 14.8. The minimum Gasteiger partial charge on any atom is -0.307 e. The third-order valence-corrected chi connectivity index (χ3v) is 4.31. The molecule has 1 unspecified atom stereocenters. The summed E-state index contributed by atoms with van der Waals surface area (Å²) >= 11 is 4.49. The van der Waals surface area contributed by atoms with Gasteiger partial charge in [0, 0.05) is 4.47 Å². The van der Waals surface area contributed by atoms with Gasteiger partial charge in [0.1, 0.15) is 0 Å². The van der Waals surface area contributed by atoms with Crippen molar-refractivity contribution in [1.82, 2.24) is 5.32 Å². The zero-order valence-electron chi connectivity index (χ0n) is 10.7. The number of hydrogen-bond donors (Lipinski definition) is 1. The van der Waals surface area contributed by atoms with E-state index in [4.69, 9.17) is 0 Å². The first-order valence-electron chi connectivity index (χ1n) is 6.05. The second-order valence-corrected chi connectivity index (χ2v) is 5.92. The largest absolute Gasteiger partial charge is 0.417 e. The van der Waals surface area contributed by atoms with Gasteiger partial charge in [0.25, 0.3) is 0 Å². The van der Waals surface area contributed by atoms with Gasteiger partial charge in [-0.25, -0.2) is 0 Å². The molecule has 0 radical (unpaired) electrons. The molecule has 0 spiro atoms. The number of rotatable bonds is 4. The van der Waals surface area contributed by atoms with Crippen LogP contribution in [0.25, 0.3) is 0 Å². The van der Waals surface area contributed by atoms with Crippen LogP contribution in [0.1, 0.15) is 29.7 Å². The van der Waals surface area contributed by atoms with Crippen LogP contribution in [0, 0.1) is 0 Å². The molecule has 0 saturated carbocycles. The van der Waals surface area contributed by atoms with Gasteiger partial charge in [-0.1, -0.05) is 28.9 Å². The molecule has 0 amide bonds. The average Bonchev–Trinajstić information content (AvgIpc) is 2.89. The van der Waals surface area contributed by atoms with E-state index in [1.54, 1.807) is 6.07 Å². The highest BCUT2D eigenvalue weighted by molar-refractivity contribution is 9.10. The lowest BCUT2D eigenvalue weighted by Gasteiger charge is -2.19. The topological polar surface area (TPSA) is 12.0 Å². The lowest BCUT2D eigenvalue weighted by Crippen LogP contribution is -2.22. The molecule has 0 aliphatic rings. The van der Waals surface area contributed by atoms with Crippen molar-refractivity contribution < 1.29 is 13.2 Å². The van der Waals surface area contributed by atoms with E-state index in [0.717, 1.165) is 5.56 Å². The highest BCUT2D eigenvalue weighted by Gasteiger charge is 2.33. The van der Waals surface area contributed by atoms with E-state index in [0.29, 0.717) is 12.1 Å². The van der Waals surface area contributed by atoms with Crippen molar-refractivity contribution in [3.63, 3.8) is 0 Å². The van der Waals surface area contributed by atoms with E-state index >= 15 is 0 Å². The summed E-state index contributed by atoms with van der Waals surface area (Å²) in [4.78, 5) is 0. The molecule has 0 aliphatic carbocycles. The Morgan fingerprint density at radius 3 is 2.55 bits per heavy atom. The van der Waals surface area contributed by atoms with Gasteiger partial charge in [-0.3, -0.25) is 0 Å². The van der Waals surface area contributed by atoms with Gasteiger partial charge in [-0.05, 0) is 46.6 Å². The molecule has 1 atom stereocenters. The van der Waals surface area contributed by atoms with E-state index < -0.39 is 11.7 Å². The molecule has 0 bridgehead atoms. The highest BCUT2D eigenvalue weighted by Crippen LogP contribution is 2.37. The Labute approximate surface area is 128 Å². The minimum atomic E-state index is -4.36. The van der Waals surface area contributed by atoms with Crippen molar-refractivity contribution in [2.24, 2.45) is 0 Å². The van der Waals surface area contributed by atoms with Crippen LogP contribution in [0.5, 0.6) is 0 Å². The molecule has 6 heteroatoms. The van der Waals surface area contributed by atoms with E-state index in [1.807, 2.05) is 23.8 Å². The first kappa shape index (κ1) is 15.5. The molecule has 1 aromatic carbocycles. The van der Waals surface area contributed by atoms with Gasteiger partial charge in [0.15, 0.2) is 0 Å². The van der Waals surface area contributed by atoms with Crippen molar-refractivity contribution in [3.05, 3.63) is 56.2 Å². The molecule has 0 fully saturated rings. The predicted octanol–water partition coefficient (Wildman–Crippen LogP) is 5.23. The number of benzene rings is 1. The molecule has 1 N–H and O–H groups in total. The summed E-state index contributed by atoms with van der Waals surface area (Å²) < 4.78 is 39.0. The molecule has 2 rings (SSSR count). The minimum absolute atomic E-state index is 0.0642. The van der Waals surface area contributed by atoms with Crippen molar-refractivity contribution in [2.75, 3.05) is 6.54 Å². The molecule has 20 heavy (non-hydrogen) atoms. The Morgan fingerprint density at radius 1 is 1.25 bits per heavy atom. The summed E-state index contributed by atoms with van der Waals surface area (Å²) in [7, 11) is 0. The molecule has 2 aromatic rings. The van der Waals surface area contributed by atoms with Gasteiger partial charge in [0.2, 0.25) is 0 Å². The number of alkyl halides is 3. The quantitative estimate of drug-likeness (QED) is 0.784. The van der Waals surface area contributed by atoms with Gasteiger partial charge in [0.05, 0.1) is 11.6 Å². The van der Waals surface area contributed by atoms with Crippen LogP contribution in [0.15, 0.2) is 39.5 Å². The predicted molar refractivity (Wildman–Crippen MR) is 79.0 cm³/mol. The molecule has 1 heterocycles. The molecular weight excluding hydrogens is 351 g/mol. The fourth-order valence-corrected chi connectivity index (χ4v) is 3.17. The monoisotopic (exact) mass is 363 g/mol. The van der Waals surface area contributed by atoms with Crippen LogP contribution in [0.4, 0.5) is 13.2 Å². The Morgan fingerprint density at radius 2 is 2.00 bits per heavy atom. The second-order valence-electron chi connectivity index (χ2n) is 4.28. The van der Waals surface area contributed by atoms with Crippen LogP contribution in [0.3, 0.4) is 0 Å². The fraction of sp³-hybridized carbons (Fsp3) is 0.286. The Balaban J connectivity index is 2.45. The van der Waals surface area contributed by atoms with E-state index in [-0.39, 0.29) is 10.5 Å². The summed E-state index contributed by atoms with van der Waals surface area (Å²) in [6.07, 6.45) is -4.36. The van der Waals surface area contributed by atoms with Crippen LogP contribution in [-0.4, -0.2) is 6.54 Å². The second kappa shape index (κ2) is 6.28. The lowest BCUT2D eigenvalue weighted by molar-refractivity contribution is -0.138. The summed E-state index contributed by atoms with van der Waals surface area (Å²) in [6, 6.07) is 6.07. The fourth-order valence-electron chi connectivity index (χ4n) is 2.01. The van der Waals surface area contributed by atoms with Gasteiger partial charge in [-0.2, -0.15) is 24.5 Å². The molecule has 108 valence electrons. The number of hydrogen-bond acceptors (Lipinski definition) is 2. The smallest absolute Gasteiger partial charge is 0.307 e. The van der Waals surface area contributed by atoms with E-state index in [9.17, 15) is 13.2 Å². The zero-order valence-corrected chi connectivity index (χ0v) is 13.1. The van der Waals surface area contributed by atoms with Gasteiger partial charge >= 0.3 is 6.18 Å². The maximum atomic E-state index is 13.0. The third-order valence-electron chi connectivity index (χ3n) is 2.91. The number of nitrogens with one attached hydrogen (secondary N) is 1. The molecule has 1 nitrogen and oxygen atoms in total. The Hall–Kier alpha value is -0.850. The molecule has 0 aliphatic heterocycles. The summed E-state index contributed by atoms with van der Waals surface area (Å²) in [6.45, 7) is 2.61. The van der Waals surface area contributed by atoms with Crippen LogP contribution < -0.4 is 5.32 Å². The van der Waals surface area contributed by atoms with Crippen molar-refractivity contribution in [1.29, 1.82) is 0 Å². The third kappa shape index (κ3) is 3.42. The average molecular weight is 364 g/mol. The van der Waals surface area contributed by atoms with Crippen LogP contribution in [0.2, 0.25) is 0 Å². The van der Waals surface area contributed by atoms with Crippen molar-refractivity contribution in [3.8, 4) is 0 Å². The van der Waals surface area contributed by atoms with Crippen LogP contribution >= 0.6 is 27.3 Å². The highest BCUT2D eigenvalue weighted by atomic mass is 79.9. The van der Waals surface area contributed by atoms with Gasteiger partial charge < -0.3 is 5.32 Å². The van der Waals surface area contributed by atoms with Crippen molar-refractivity contribution in [2.45, 2.75) is 19.1 Å². The van der Waals surface area contributed by atoms with Crippen LogP contribution in [-0.2, 0) is 6.18 Å². The summed E-state index contributed by atoms with van der Waals surface area (Å²) in [5, 5.41) is 7.09.